The zero-order valence-electron chi connectivity index (χ0n) is 16.0. The number of thioether (sulfide) groups is 1. The first-order valence-corrected chi connectivity index (χ1v) is 10.4. The van der Waals surface area contributed by atoms with E-state index in [1.165, 1.54) is 23.1 Å². The van der Waals surface area contributed by atoms with E-state index < -0.39 is 0 Å². The van der Waals surface area contributed by atoms with Gasteiger partial charge in [-0.3, -0.25) is 4.79 Å². The van der Waals surface area contributed by atoms with Crippen LogP contribution in [0.15, 0.2) is 58.9 Å². The molecule has 2 aromatic carbocycles. The summed E-state index contributed by atoms with van der Waals surface area (Å²) < 4.78 is 5.97. The third-order valence-corrected chi connectivity index (χ3v) is 6.00. The van der Waals surface area contributed by atoms with Crippen LogP contribution in [0.1, 0.15) is 12.5 Å². The second-order valence-electron chi connectivity index (χ2n) is 6.17. The van der Waals surface area contributed by atoms with Crippen LogP contribution >= 0.6 is 23.1 Å². The Hall–Kier alpha value is -2.58. The fraction of sp³-hybridized carbons (Fsp3) is 0.250. The van der Waals surface area contributed by atoms with Crippen molar-refractivity contribution < 1.29 is 9.53 Å². The summed E-state index contributed by atoms with van der Waals surface area (Å²) in [6, 6.07) is 17.6. The molecule has 0 saturated carbocycles. The van der Waals surface area contributed by atoms with Gasteiger partial charge in [-0.25, -0.2) is 0 Å². The van der Waals surface area contributed by atoms with E-state index in [0.717, 1.165) is 21.3 Å². The van der Waals surface area contributed by atoms with E-state index in [4.69, 9.17) is 4.74 Å². The van der Waals surface area contributed by atoms with E-state index >= 15 is 0 Å². The summed E-state index contributed by atoms with van der Waals surface area (Å²) in [6.45, 7) is 2.48. The number of anilines is 2. The lowest BCUT2D eigenvalue weighted by Crippen LogP contribution is -2.32. The molecule has 0 spiro atoms. The van der Waals surface area contributed by atoms with Crippen LogP contribution in [-0.4, -0.2) is 40.4 Å². The summed E-state index contributed by atoms with van der Waals surface area (Å²) in [6.07, 6.45) is 0. The molecule has 6 nitrogen and oxygen atoms in total. The second-order valence-corrected chi connectivity index (χ2v) is 8.74. The van der Waals surface area contributed by atoms with Crippen LogP contribution in [0.4, 0.5) is 10.8 Å². The number of aromatic nitrogens is 2. The maximum absolute atomic E-state index is 12.7. The molecule has 3 rings (SSSR count). The van der Waals surface area contributed by atoms with Crippen molar-refractivity contribution in [2.24, 2.45) is 0 Å². The number of methoxy groups -OCH3 is 1. The molecule has 1 aromatic heterocycles. The predicted octanol–water partition coefficient (Wildman–Crippen LogP) is 4.43. The zero-order valence-corrected chi connectivity index (χ0v) is 17.6. The molecule has 0 aliphatic heterocycles. The van der Waals surface area contributed by atoms with Crippen molar-refractivity contribution in [1.29, 1.82) is 0 Å². The number of amides is 1. The molecule has 146 valence electrons. The zero-order chi connectivity index (χ0) is 19.9. The number of nitrogens with one attached hydrogen (secondary N) is 1. The lowest BCUT2D eigenvalue weighted by molar-refractivity contribution is -0.129. The number of benzene rings is 2. The summed E-state index contributed by atoms with van der Waals surface area (Å²) in [5.41, 5.74) is 1.98. The Morgan fingerprint density at radius 2 is 2.00 bits per heavy atom. The largest absolute Gasteiger partial charge is 0.497 e. The number of hydrogen-bond donors (Lipinski definition) is 1. The molecule has 1 unspecified atom stereocenters. The van der Waals surface area contributed by atoms with Gasteiger partial charge in [0, 0.05) is 25.3 Å². The smallest absolute Gasteiger partial charge is 0.235 e. The fourth-order valence-electron chi connectivity index (χ4n) is 2.58. The lowest BCUT2D eigenvalue weighted by Gasteiger charge is -2.20. The Labute approximate surface area is 172 Å². The molecule has 0 radical (unpaired) electrons. The minimum Gasteiger partial charge on any atom is -0.497 e. The molecule has 1 N–H and O–H groups in total. The van der Waals surface area contributed by atoms with Gasteiger partial charge in [-0.1, -0.05) is 59.5 Å². The Morgan fingerprint density at radius 1 is 1.21 bits per heavy atom. The summed E-state index contributed by atoms with van der Waals surface area (Å²) in [7, 11) is 3.45. The predicted molar refractivity (Wildman–Crippen MR) is 114 cm³/mol. The fourth-order valence-corrected chi connectivity index (χ4v) is 4.61. The molecule has 8 heteroatoms. The first kappa shape index (κ1) is 20.2. The molecule has 1 amide bonds. The molecule has 0 bridgehead atoms. The van der Waals surface area contributed by atoms with Crippen LogP contribution in [0.25, 0.3) is 0 Å². The molecule has 1 heterocycles. The average Bonchev–Trinajstić information content (AvgIpc) is 3.14. The van der Waals surface area contributed by atoms with Crippen LogP contribution in [-0.2, 0) is 11.3 Å². The third kappa shape index (κ3) is 5.46. The topological polar surface area (TPSA) is 67.3 Å². The molecule has 1 atom stereocenters. The number of carbonyl (C=O) groups is 1. The van der Waals surface area contributed by atoms with E-state index in [2.05, 4.69) is 15.5 Å². The second kappa shape index (κ2) is 9.57. The van der Waals surface area contributed by atoms with Gasteiger partial charge in [0.25, 0.3) is 0 Å². The lowest BCUT2D eigenvalue weighted by atomic mass is 10.2. The summed E-state index contributed by atoms with van der Waals surface area (Å²) >= 11 is 2.84. The maximum atomic E-state index is 12.7. The quantitative estimate of drug-likeness (QED) is 0.550. The third-order valence-electron chi connectivity index (χ3n) is 3.99. The molecular formula is C20H22N4O2S2. The van der Waals surface area contributed by atoms with Crippen molar-refractivity contribution in [3.8, 4) is 5.75 Å². The van der Waals surface area contributed by atoms with Crippen LogP contribution in [0.3, 0.4) is 0 Å². The standard InChI is InChI=1S/C20H22N4O2S2/c1-14(18(25)24(2)13-15-8-5-4-6-9-15)27-20-23-22-19(28-20)21-16-10-7-11-17(12-16)26-3/h4-12,14H,13H2,1-3H3,(H,21,22). The maximum Gasteiger partial charge on any atom is 0.235 e. The van der Waals surface area contributed by atoms with Crippen LogP contribution < -0.4 is 10.1 Å². The van der Waals surface area contributed by atoms with Gasteiger partial charge in [0.05, 0.1) is 12.4 Å². The number of rotatable bonds is 8. The summed E-state index contributed by atoms with van der Waals surface area (Å²) in [4.78, 5) is 14.4. The van der Waals surface area contributed by atoms with Gasteiger partial charge in [0.2, 0.25) is 11.0 Å². The van der Waals surface area contributed by atoms with Crippen molar-refractivity contribution in [3.05, 3.63) is 60.2 Å². The van der Waals surface area contributed by atoms with Crippen molar-refractivity contribution in [2.75, 3.05) is 19.5 Å². The van der Waals surface area contributed by atoms with Crippen LogP contribution in [0, 0.1) is 0 Å². The molecule has 3 aromatic rings. The highest BCUT2D eigenvalue weighted by atomic mass is 32.2. The van der Waals surface area contributed by atoms with E-state index in [1.54, 1.807) is 12.0 Å². The number of nitrogens with zero attached hydrogens (tertiary/aromatic N) is 3. The molecule has 0 saturated heterocycles. The number of carbonyl (C=O) groups excluding carboxylic acids is 1. The van der Waals surface area contributed by atoms with E-state index in [0.29, 0.717) is 11.7 Å². The van der Waals surface area contributed by atoms with E-state index in [-0.39, 0.29) is 11.2 Å². The summed E-state index contributed by atoms with van der Waals surface area (Å²) in [5.74, 6) is 0.830. The van der Waals surface area contributed by atoms with Gasteiger partial charge >= 0.3 is 0 Å². The first-order valence-electron chi connectivity index (χ1n) is 8.75. The van der Waals surface area contributed by atoms with Gasteiger partial charge in [0.1, 0.15) is 5.75 Å². The average molecular weight is 415 g/mol. The van der Waals surface area contributed by atoms with Gasteiger partial charge in [-0.05, 0) is 24.6 Å². The van der Waals surface area contributed by atoms with E-state index in [9.17, 15) is 4.79 Å². The monoisotopic (exact) mass is 414 g/mol. The highest BCUT2D eigenvalue weighted by Gasteiger charge is 2.21. The van der Waals surface area contributed by atoms with Crippen LogP contribution in [0.2, 0.25) is 0 Å². The van der Waals surface area contributed by atoms with Crippen molar-refractivity contribution in [3.63, 3.8) is 0 Å². The minimum absolute atomic E-state index is 0.0614. The Bertz CT molecular complexity index is 917. The number of ether oxygens (including phenoxy) is 1. The van der Waals surface area contributed by atoms with Gasteiger partial charge in [-0.15, -0.1) is 10.2 Å². The highest BCUT2D eigenvalue weighted by molar-refractivity contribution is 8.02. The molecule has 0 fully saturated rings. The highest BCUT2D eigenvalue weighted by Crippen LogP contribution is 2.31. The van der Waals surface area contributed by atoms with Crippen LogP contribution in [0.5, 0.6) is 5.75 Å². The normalized spacial score (nSPS) is 11.7. The molecule has 0 aliphatic rings. The Kier molecular flexibility index (Phi) is 6.89. The first-order chi connectivity index (χ1) is 13.5. The van der Waals surface area contributed by atoms with Crippen molar-refractivity contribution >= 4 is 39.8 Å². The van der Waals surface area contributed by atoms with Crippen molar-refractivity contribution in [2.45, 2.75) is 23.1 Å². The van der Waals surface area contributed by atoms with Gasteiger partial charge in [0.15, 0.2) is 4.34 Å². The van der Waals surface area contributed by atoms with Crippen molar-refractivity contribution in [1.82, 2.24) is 15.1 Å². The van der Waals surface area contributed by atoms with E-state index in [1.807, 2.05) is 68.6 Å². The minimum atomic E-state index is -0.244. The van der Waals surface area contributed by atoms with Gasteiger partial charge in [-0.2, -0.15) is 0 Å². The molecule has 0 aliphatic carbocycles. The molecule has 28 heavy (non-hydrogen) atoms. The van der Waals surface area contributed by atoms with Gasteiger partial charge < -0.3 is 15.0 Å². The Morgan fingerprint density at radius 3 is 2.75 bits per heavy atom. The summed E-state index contributed by atoms with van der Waals surface area (Å²) in [5, 5.41) is 12.0. The number of hydrogen-bond acceptors (Lipinski definition) is 7. The SMILES string of the molecule is COc1cccc(Nc2nnc(SC(C)C(=O)N(C)Cc3ccccc3)s2)c1. The molecular weight excluding hydrogens is 392 g/mol. The Balaban J connectivity index is 1.56.